The zero-order valence-corrected chi connectivity index (χ0v) is 10.9. The van der Waals surface area contributed by atoms with Crippen LogP contribution in [0.4, 0.5) is 8.78 Å². The average Bonchev–Trinajstić information content (AvgIpc) is 2.32. The molecule has 1 aromatic carbocycles. The number of nitrogens with zero attached hydrogens (tertiary/aromatic N) is 1. The molecule has 0 heterocycles. The molecular weight excluding hydrogens is 252 g/mol. The average molecular weight is 267 g/mol. The monoisotopic (exact) mass is 267 g/mol. The van der Waals surface area contributed by atoms with Gasteiger partial charge in [-0.3, -0.25) is 0 Å². The highest BCUT2D eigenvalue weighted by atomic mass is 19.3. The van der Waals surface area contributed by atoms with Gasteiger partial charge >= 0.3 is 0 Å². The van der Waals surface area contributed by atoms with E-state index in [2.05, 4.69) is 4.99 Å². The van der Waals surface area contributed by atoms with Crippen molar-refractivity contribution >= 4 is 6.08 Å². The van der Waals surface area contributed by atoms with Crippen LogP contribution in [0.1, 0.15) is 37.3 Å². The summed E-state index contributed by atoms with van der Waals surface area (Å²) in [4.78, 5) is 14.4. The molecule has 0 saturated heterocycles. The van der Waals surface area contributed by atoms with Crippen LogP contribution in [0.25, 0.3) is 0 Å². The van der Waals surface area contributed by atoms with Gasteiger partial charge in [0, 0.05) is 18.1 Å². The number of aliphatic imine (C=N–C) groups is 1. The number of methoxy groups -OCH3 is 1. The summed E-state index contributed by atoms with van der Waals surface area (Å²) >= 11 is 0. The van der Waals surface area contributed by atoms with Crippen LogP contribution < -0.4 is 4.74 Å². The first-order valence-corrected chi connectivity index (χ1v) is 6.09. The van der Waals surface area contributed by atoms with Crippen LogP contribution in [0.15, 0.2) is 23.2 Å². The fraction of sp³-hybridized carbons (Fsp3) is 0.500. The first kappa shape index (κ1) is 13.7. The topological polar surface area (TPSA) is 38.7 Å². The lowest BCUT2D eigenvalue weighted by molar-refractivity contribution is 0.0172. The van der Waals surface area contributed by atoms with Crippen LogP contribution >= 0.6 is 0 Å². The molecule has 1 saturated carbocycles. The molecule has 19 heavy (non-hydrogen) atoms. The first-order valence-electron chi connectivity index (χ1n) is 6.09. The second-order valence-corrected chi connectivity index (χ2v) is 4.89. The Bertz CT molecular complexity index is 527. The van der Waals surface area contributed by atoms with E-state index in [9.17, 15) is 13.6 Å². The fourth-order valence-electron chi connectivity index (χ4n) is 2.39. The SMILES string of the molecule is COc1ccc(C(C)(F)F)cc1C1(N=C=O)CCC1. The predicted octanol–water partition coefficient (Wildman–Crippen LogP) is 3.52. The Labute approximate surface area is 110 Å². The third kappa shape index (κ3) is 2.38. The minimum Gasteiger partial charge on any atom is -0.496 e. The van der Waals surface area contributed by atoms with Crippen LogP contribution in [-0.2, 0) is 16.3 Å². The molecule has 0 N–H and O–H groups in total. The maximum atomic E-state index is 13.4. The molecule has 1 aromatic rings. The Morgan fingerprint density at radius 1 is 1.42 bits per heavy atom. The summed E-state index contributed by atoms with van der Waals surface area (Å²) in [5, 5.41) is 0. The number of benzene rings is 1. The van der Waals surface area contributed by atoms with Gasteiger partial charge in [-0.05, 0) is 37.5 Å². The van der Waals surface area contributed by atoms with Gasteiger partial charge in [0.2, 0.25) is 6.08 Å². The highest BCUT2D eigenvalue weighted by Crippen LogP contribution is 2.49. The number of carbonyl (C=O) groups excluding carboxylic acids is 1. The van der Waals surface area contributed by atoms with Crippen LogP contribution in [0, 0.1) is 0 Å². The molecule has 3 nitrogen and oxygen atoms in total. The lowest BCUT2D eigenvalue weighted by Crippen LogP contribution is -2.32. The van der Waals surface area contributed by atoms with Crippen molar-refractivity contribution < 1.29 is 18.3 Å². The van der Waals surface area contributed by atoms with Crippen LogP contribution in [-0.4, -0.2) is 13.2 Å². The molecule has 0 aliphatic heterocycles. The van der Waals surface area contributed by atoms with Gasteiger partial charge in [0.1, 0.15) is 11.3 Å². The molecule has 1 aliphatic rings. The summed E-state index contributed by atoms with van der Waals surface area (Å²) in [5.41, 5.74) is -0.298. The summed E-state index contributed by atoms with van der Waals surface area (Å²) in [5.74, 6) is -2.46. The van der Waals surface area contributed by atoms with Crippen molar-refractivity contribution in [2.45, 2.75) is 37.6 Å². The van der Waals surface area contributed by atoms with E-state index < -0.39 is 11.5 Å². The van der Waals surface area contributed by atoms with Gasteiger partial charge in [0.25, 0.3) is 5.92 Å². The number of halogens is 2. The third-order valence-electron chi connectivity index (χ3n) is 3.65. The molecule has 0 amide bonds. The fourth-order valence-corrected chi connectivity index (χ4v) is 2.39. The molecule has 0 bridgehead atoms. The Balaban J connectivity index is 2.56. The normalized spacial score (nSPS) is 17.3. The number of ether oxygens (including phenoxy) is 1. The molecule has 0 unspecified atom stereocenters. The molecule has 0 spiro atoms. The van der Waals surface area contributed by atoms with E-state index in [1.165, 1.54) is 25.3 Å². The molecule has 5 heteroatoms. The highest BCUT2D eigenvalue weighted by Gasteiger charge is 2.42. The lowest BCUT2D eigenvalue weighted by Gasteiger charge is -2.38. The summed E-state index contributed by atoms with van der Waals surface area (Å²) in [6.45, 7) is 0.842. The van der Waals surface area contributed by atoms with E-state index in [-0.39, 0.29) is 5.56 Å². The number of alkyl halides is 2. The van der Waals surface area contributed by atoms with Crippen molar-refractivity contribution in [3.63, 3.8) is 0 Å². The van der Waals surface area contributed by atoms with Crippen LogP contribution in [0.5, 0.6) is 5.75 Å². The Hall–Kier alpha value is -1.74. The molecular formula is C14H15F2NO2. The highest BCUT2D eigenvalue weighted by molar-refractivity contribution is 5.47. The second-order valence-electron chi connectivity index (χ2n) is 4.89. The van der Waals surface area contributed by atoms with Gasteiger partial charge in [-0.1, -0.05) is 0 Å². The zero-order valence-electron chi connectivity index (χ0n) is 10.9. The maximum Gasteiger partial charge on any atom is 0.270 e. The summed E-state index contributed by atoms with van der Waals surface area (Å²) < 4.78 is 32.0. The van der Waals surface area contributed by atoms with E-state index in [4.69, 9.17) is 4.74 Å². The molecule has 102 valence electrons. The molecule has 1 fully saturated rings. The molecule has 2 rings (SSSR count). The third-order valence-corrected chi connectivity index (χ3v) is 3.65. The number of rotatable bonds is 4. The van der Waals surface area contributed by atoms with E-state index in [0.29, 0.717) is 24.2 Å². The van der Waals surface area contributed by atoms with E-state index >= 15 is 0 Å². The van der Waals surface area contributed by atoms with E-state index in [0.717, 1.165) is 13.3 Å². The number of hydrogen-bond donors (Lipinski definition) is 0. The minimum absolute atomic E-state index is 0.101. The van der Waals surface area contributed by atoms with E-state index in [1.54, 1.807) is 6.08 Å². The Morgan fingerprint density at radius 3 is 2.53 bits per heavy atom. The van der Waals surface area contributed by atoms with Crippen molar-refractivity contribution in [3.8, 4) is 5.75 Å². The summed E-state index contributed by atoms with van der Waals surface area (Å²) in [7, 11) is 1.47. The van der Waals surface area contributed by atoms with Gasteiger partial charge in [-0.25, -0.2) is 13.6 Å². The largest absolute Gasteiger partial charge is 0.496 e. The van der Waals surface area contributed by atoms with Gasteiger partial charge in [-0.15, -0.1) is 0 Å². The number of hydrogen-bond acceptors (Lipinski definition) is 3. The van der Waals surface area contributed by atoms with Crippen molar-refractivity contribution in [1.29, 1.82) is 0 Å². The smallest absolute Gasteiger partial charge is 0.270 e. The summed E-state index contributed by atoms with van der Waals surface area (Å²) in [6.07, 6.45) is 3.75. The van der Waals surface area contributed by atoms with Gasteiger partial charge in [0.05, 0.1) is 7.11 Å². The quantitative estimate of drug-likeness (QED) is 0.618. The molecule has 1 aliphatic carbocycles. The molecule has 0 atom stereocenters. The van der Waals surface area contributed by atoms with Crippen molar-refractivity contribution in [2.24, 2.45) is 4.99 Å². The van der Waals surface area contributed by atoms with Crippen molar-refractivity contribution in [3.05, 3.63) is 29.3 Å². The van der Waals surface area contributed by atoms with Gasteiger partial charge < -0.3 is 4.74 Å². The zero-order chi connectivity index (χ0) is 14.1. The molecule has 0 aromatic heterocycles. The Morgan fingerprint density at radius 2 is 2.11 bits per heavy atom. The maximum absolute atomic E-state index is 13.4. The van der Waals surface area contributed by atoms with Crippen LogP contribution in [0.3, 0.4) is 0 Å². The number of isocyanates is 1. The lowest BCUT2D eigenvalue weighted by atomic mass is 9.71. The van der Waals surface area contributed by atoms with Crippen LogP contribution in [0.2, 0.25) is 0 Å². The van der Waals surface area contributed by atoms with Crippen molar-refractivity contribution in [1.82, 2.24) is 0 Å². The predicted molar refractivity (Wildman–Crippen MR) is 66.2 cm³/mol. The standard InChI is InChI=1S/C14H15F2NO2/c1-13(15,16)10-4-5-12(19-2)11(8-10)14(17-9-18)6-3-7-14/h4-5,8H,3,6-7H2,1-2H3. The molecule has 0 radical (unpaired) electrons. The van der Waals surface area contributed by atoms with Gasteiger partial charge in [0.15, 0.2) is 0 Å². The second kappa shape index (κ2) is 4.74. The van der Waals surface area contributed by atoms with Gasteiger partial charge in [-0.2, -0.15) is 4.99 Å². The first-order chi connectivity index (χ1) is 8.93. The van der Waals surface area contributed by atoms with Crippen molar-refractivity contribution in [2.75, 3.05) is 7.11 Å². The summed E-state index contributed by atoms with van der Waals surface area (Å²) in [6, 6.07) is 4.22. The Kier molecular flexibility index (Phi) is 3.42. The minimum atomic E-state index is -2.93. The van der Waals surface area contributed by atoms with E-state index in [1.807, 2.05) is 0 Å².